The molecule has 7 rings (SSSR count). The molecule has 0 spiro atoms. The molecule has 59 heavy (non-hydrogen) atoms. The SMILES string of the molecule is CCC1(COCCCCOc2ccc(C(=O)Oc3ccc4c(c3)C(C)(C)c3cc(OC(=O)c5ccc(OCCCCOCC6(CC)COC6)cc5)ccc3-4)cc2)COC1. The Morgan fingerprint density at radius 2 is 0.898 bits per heavy atom. The lowest BCUT2D eigenvalue weighted by Crippen LogP contribution is -2.45. The fourth-order valence-electron chi connectivity index (χ4n) is 7.66. The number of hydrogen-bond acceptors (Lipinski definition) is 10. The Morgan fingerprint density at radius 3 is 1.25 bits per heavy atom. The van der Waals surface area contributed by atoms with Crippen LogP contribution >= 0.6 is 0 Å². The minimum Gasteiger partial charge on any atom is -0.494 e. The maximum Gasteiger partial charge on any atom is 0.343 e. The quantitative estimate of drug-likeness (QED) is 0.0433. The van der Waals surface area contributed by atoms with Gasteiger partial charge in [-0.15, -0.1) is 0 Å². The summed E-state index contributed by atoms with van der Waals surface area (Å²) in [6.07, 6.45) is 5.75. The van der Waals surface area contributed by atoms with E-state index in [1.54, 1.807) is 48.5 Å². The predicted octanol–water partition coefficient (Wildman–Crippen LogP) is 9.64. The monoisotopic (exact) mass is 806 g/mol. The summed E-state index contributed by atoms with van der Waals surface area (Å²) in [6.45, 7) is 15.8. The van der Waals surface area contributed by atoms with Gasteiger partial charge in [0.1, 0.15) is 23.0 Å². The van der Waals surface area contributed by atoms with Gasteiger partial charge in [-0.3, -0.25) is 0 Å². The van der Waals surface area contributed by atoms with Gasteiger partial charge in [-0.2, -0.15) is 0 Å². The van der Waals surface area contributed by atoms with Crippen molar-refractivity contribution in [1.29, 1.82) is 0 Å². The number of unbranched alkanes of at least 4 members (excludes halogenated alkanes) is 2. The summed E-state index contributed by atoms with van der Waals surface area (Å²) in [4.78, 5) is 26.3. The summed E-state index contributed by atoms with van der Waals surface area (Å²) in [5, 5.41) is 0. The van der Waals surface area contributed by atoms with Gasteiger partial charge >= 0.3 is 11.9 Å². The van der Waals surface area contributed by atoms with Crippen molar-refractivity contribution < 1.29 is 47.5 Å². The normalized spacial score (nSPS) is 16.5. The maximum absolute atomic E-state index is 13.2. The van der Waals surface area contributed by atoms with Crippen molar-refractivity contribution in [1.82, 2.24) is 0 Å². The van der Waals surface area contributed by atoms with Crippen LogP contribution < -0.4 is 18.9 Å². The van der Waals surface area contributed by atoms with Crippen molar-refractivity contribution in [3.05, 3.63) is 107 Å². The van der Waals surface area contributed by atoms with Crippen molar-refractivity contribution in [2.75, 3.05) is 66.1 Å². The molecule has 0 unspecified atom stereocenters. The van der Waals surface area contributed by atoms with Crippen molar-refractivity contribution in [3.63, 3.8) is 0 Å². The highest BCUT2D eigenvalue weighted by atomic mass is 16.5. The number of hydrogen-bond donors (Lipinski definition) is 0. The average molecular weight is 807 g/mol. The van der Waals surface area contributed by atoms with E-state index in [2.05, 4.69) is 27.7 Å². The first-order chi connectivity index (χ1) is 28.6. The third-order valence-electron chi connectivity index (χ3n) is 12.1. The lowest BCUT2D eigenvalue weighted by molar-refractivity contribution is -0.150. The summed E-state index contributed by atoms with van der Waals surface area (Å²) in [7, 11) is 0. The first kappa shape index (κ1) is 42.4. The van der Waals surface area contributed by atoms with Crippen molar-refractivity contribution in [3.8, 4) is 34.1 Å². The van der Waals surface area contributed by atoms with Crippen molar-refractivity contribution in [2.45, 2.75) is 71.6 Å². The van der Waals surface area contributed by atoms with E-state index in [9.17, 15) is 9.59 Å². The summed E-state index contributed by atoms with van der Waals surface area (Å²) >= 11 is 0. The number of ether oxygens (including phenoxy) is 8. The Morgan fingerprint density at radius 1 is 0.525 bits per heavy atom. The minimum atomic E-state index is -0.446. The number of fused-ring (bicyclic) bond motifs is 3. The zero-order valence-corrected chi connectivity index (χ0v) is 35.0. The van der Waals surface area contributed by atoms with Gasteiger partial charge in [-0.1, -0.05) is 39.8 Å². The van der Waals surface area contributed by atoms with E-state index in [1.807, 2.05) is 36.4 Å². The summed E-state index contributed by atoms with van der Waals surface area (Å²) in [5.74, 6) is 1.43. The highest BCUT2D eigenvalue weighted by molar-refractivity contribution is 5.92. The van der Waals surface area contributed by atoms with Crippen molar-refractivity contribution >= 4 is 11.9 Å². The van der Waals surface area contributed by atoms with E-state index in [0.29, 0.717) is 60.6 Å². The minimum absolute atomic E-state index is 0.209. The number of carbonyl (C=O) groups excluding carboxylic acids is 2. The smallest absolute Gasteiger partial charge is 0.343 e. The molecule has 2 heterocycles. The molecule has 2 saturated heterocycles. The second kappa shape index (κ2) is 19.1. The van der Waals surface area contributed by atoms with E-state index in [4.69, 9.17) is 37.9 Å². The topological polar surface area (TPSA) is 108 Å². The second-order valence-corrected chi connectivity index (χ2v) is 16.8. The Labute approximate surface area is 348 Å². The number of benzene rings is 4. The molecule has 0 atom stereocenters. The Hall–Kier alpha value is -4.74. The first-order valence-electron chi connectivity index (χ1n) is 21.1. The van der Waals surface area contributed by atoms with Crippen LogP contribution in [0.15, 0.2) is 84.9 Å². The van der Waals surface area contributed by atoms with E-state index in [0.717, 1.165) is 100 Å². The van der Waals surface area contributed by atoms with Crippen molar-refractivity contribution in [2.24, 2.45) is 10.8 Å². The van der Waals surface area contributed by atoms with Gasteiger partial charge in [0.15, 0.2) is 0 Å². The Bertz CT molecular complexity index is 1870. The lowest BCUT2D eigenvalue weighted by Gasteiger charge is -2.40. The molecular weight excluding hydrogens is 749 g/mol. The predicted molar refractivity (Wildman–Crippen MR) is 225 cm³/mol. The molecule has 4 aromatic rings. The fraction of sp³-hybridized carbons (Fsp3) is 0.469. The second-order valence-electron chi connectivity index (χ2n) is 16.8. The molecular formula is C49H58O10. The Kier molecular flexibility index (Phi) is 13.7. The molecule has 0 aromatic heterocycles. The van der Waals surface area contributed by atoms with Crippen LogP contribution in [-0.4, -0.2) is 78.0 Å². The number of carbonyl (C=O) groups is 2. The largest absolute Gasteiger partial charge is 0.494 e. The van der Waals surface area contributed by atoms with Gasteiger partial charge in [-0.25, -0.2) is 9.59 Å². The molecule has 1 aliphatic carbocycles. The summed E-state index contributed by atoms with van der Waals surface area (Å²) in [5.41, 5.74) is 4.99. The third-order valence-corrected chi connectivity index (χ3v) is 12.1. The number of esters is 2. The van der Waals surface area contributed by atoms with Crippen LogP contribution in [0.2, 0.25) is 0 Å². The maximum atomic E-state index is 13.2. The first-order valence-corrected chi connectivity index (χ1v) is 21.1. The molecule has 314 valence electrons. The molecule has 2 aliphatic heterocycles. The molecule has 2 fully saturated rings. The van der Waals surface area contributed by atoms with E-state index < -0.39 is 17.4 Å². The standard InChI is InChI=1S/C49H58O10/c1-5-48(31-54-32-48)29-52-23-7-9-25-56-37-15-11-35(12-16-37)45(50)58-39-19-21-41-42-22-20-40(28-44(42)47(3,4)43(41)27-39)59-46(51)36-13-17-38(18-14-36)57-26-10-8-24-53-30-49(6-2)33-55-34-49/h11-22,27-28H,5-10,23-26,29-34H2,1-4H3. The van der Waals surface area contributed by atoms with E-state index in [-0.39, 0.29) is 10.8 Å². The lowest BCUT2D eigenvalue weighted by atomic mass is 9.82. The van der Waals surface area contributed by atoms with Gasteiger partial charge in [0.25, 0.3) is 0 Å². The van der Waals surface area contributed by atoms with Gasteiger partial charge < -0.3 is 37.9 Å². The molecule has 0 bridgehead atoms. The molecule has 0 saturated carbocycles. The van der Waals surface area contributed by atoms with Crippen LogP contribution in [0.1, 0.15) is 98.1 Å². The summed E-state index contributed by atoms with van der Waals surface area (Å²) in [6, 6.07) is 25.5. The van der Waals surface area contributed by atoms with Crippen LogP contribution in [0.3, 0.4) is 0 Å². The molecule has 10 nitrogen and oxygen atoms in total. The van der Waals surface area contributed by atoms with Gasteiger partial charge in [-0.05, 0) is 134 Å². The average Bonchev–Trinajstić information content (AvgIpc) is 3.43. The zero-order valence-electron chi connectivity index (χ0n) is 35.0. The number of rotatable bonds is 22. The highest BCUT2D eigenvalue weighted by Gasteiger charge is 2.38. The molecule has 4 aromatic carbocycles. The van der Waals surface area contributed by atoms with Gasteiger partial charge in [0, 0.05) is 29.5 Å². The molecule has 3 aliphatic rings. The van der Waals surface area contributed by atoms with Gasteiger partial charge in [0.2, 0.25) is 0 Å². The molecule has 0 N–H and O–H groups in total. The van der Waals surface area contributed by atoms with Crippen LogP contribution in [0, 0.1) is 10.8 Å². The third kappa shape index (κ3) is 10.2. The fourth-order valence-corrected chi connectivity index (χ4v) is 7.66. The van der Waals surface area contributed by atoms with Crippen LogP contribution in [0.5, 0.6) is 23.0 Å². The Balaban J connectivity index is 0.848. The van der Waals surface area contributed by atoms with Crippen LogP contribution in [0.25, 0.3) is 11.1 Å². The molecule has 0 radical (unpaired) electrons. The molecule has 0 amide bonds. The van der Waals surface area contributed by atoms with E-state index >= 15 is 0 Å². The zero-order chi connectivity index (χ0) is 41.3. The van der Waals surface area contributed by atoms with Gasteiger partial charge in [0.05, 0.1) is 64.0 Å². The highest BCUT2D eigenvalue weighted by Crippen LogP contribution is 2.50. The summed E-state index contributed by atoms with van der Waals surface area (Å²) < 4.78 is 45.9. The van der Waals surface area contributed by atoms with Crippen LogP contribution in [0.4, 0.5) is 0 Å². The molecule has 10 heteroatoms. The van der Waals surface area contributed by atoms with E-state index in [1.165, 1.54) is 0 Å². The van der Waals surface area contributed by atoms with Crippen LogP contribution in [-0.2, 0) is 24.4 Å².